The van der Waals surface area contributed by atoms with Crippen LogP contribution in [0.3, 0.4) is 0 Å². The Labute approximate surface area is 98.1 Å². The zero-order valence-electron chi connectivity index (χ0n) is 10.4. The van der Waals surface area contributed by atoms with Gasteiger partial charge in [-0.3, -0.25) is 9.69 Å². The number of carbonyl (C=O) groups excluding carboxylic acids is 1. The third kappa shape index (κ3) is 3.76. The molecule has 0 amide bonds. The maximum Gasteiger partial charge on any atom is 0.323 e. The summed E-state index contributed by atoms with van der Waals surface area (Å²) in [7, 11) is 0. The van der Waals surface area contributed by atoms with E-state index in [0.717, 1.165) is 38.8 Å². The van der Waals surface area contributed by atoms with Gasteiger partial charge in [0, 0.05) is 12.6 Å². The molecule has 1 aliphatic heterocycles. The van der Waals surface area contributed by atoms with Gasteiger partial charge in [0.25, 0.3) is 0 Å². The molecule has 1 rings (SSSR count). The molecule has 0 spiro atoms. The molecule has 2 N–H and O–H groups in total. The van der Waals surface area contributed by atoms with Crippen LogP contribution in [0.15, 0.2) is 0 Å². The van der Waals surface area contributed by atoms with Crippen molar-refractivity contribution in [1.29, 1.82) is 0 Å². The summed E-state index contributed by atoms with van der Waals surface area (Å²) >= 11 is 0. The Kier molecular flexibility index (Phi) is 5.77. The molecule has 0 saturated carbocycles. The number of hydrogen-bond donors (Lipinski definition) is 1. The average molecular weight is 228 g/mol. The van der Waals surface area contributed by atoms with Crippen LogP contribution in [0.5, 0.6) is 0 Å². The number of likely N-dealkylation sites (tertiary alicyclic amines) is 1. The number of carbonyl (C=O) groups is 1. The molecule has 2 unspecified atom stereocenters. The smallest absolute Gasteiger partial charge is 0.323 e. The van der Waals surface area contributed by atoms with Crippen molar-refractivity contribution in [3.05, 3.63) is 0 Å². The first-order valence-electron chi connectivity index (χ1n) is 6.35. The van der Waals surface area contributed by atoms with Crippen LogP contribution in [0.4, 0.5) is 0 Å². The third-order valence-corrected chi connectivity index (χ3v) is 3.05. The second kappa shape index (κ2) is 6.86. The van der Waals surface area contributed by atoms with Crippen molar-refractivity contribution in [2.24, 2.45) is 5.73 Å². The molecule has 1 aliphatic rings. The molecule has 0 aromatic rings. The zero-order valence-corrected chi connectivity index (χ0v) is 10.4. The largest absolute Gasteiger partial charge is 0.465 e. The van der Waals surface area contributed by atoms with Gasteiger partial charge in [0.2, 0.25) is 0 Å². The fraction of sp³-hybridized carbons (Fsp3) is 0.917. The van der Waals surface area contributed by atoms with Crippen LogP contribution in [-0.4, -0.2) is 42.6 Å². The molecule has 0 aromatic heterocycles. The van der Waals surface area contributed by atoms with Gasteiger partial charge in [-0.25, -0.2) is 0 Å². The number of esters is 1. The van der Waals surface area contributed by atoms with Crippen LogP contribution >= 0.6 is 0 Å². The maximum absolute atomic E-state index is 11.8. The summed E-state index contributed by atoms with van der Waals surface area (Å²) in [5, 5.41) is 0. The van der Waals surface area contributed by atoms with Crippen LogP contribution in [-0.2, 0) is 9.53 Å². The zero-order chi connectivity index (χ0) is 12.0. The van der Waals surface area contributed by atoms with Crippen LogP contribution in [0.25, 0.3) is 0 Å². The molecule has 2 atom stereocenters. The van der Waals surface area contributed by atoms with E-state index in [4.69, 9.17) is 10.5 Å². The Morgan fingerprint density at radius 2 is 2.31 bits per heavy atom. The first kappa shape index (κ1) is 13.5. The van der Waals surface area contributed by atoms with Gasteiger partial charge in [0.15, 0.2) is 0 Å². The van der Waals surface area contributed by atoms with Crippen LogP contribution < -0.4 is 5.73 Å². The molecule has 0 radical (unpaired) electrons. The van der Waals surface area contributed by atoms with Gasteiger partial charge in [0.1, 0.15) is 6.04 Å². The molecule has 4 nitrogen and oxygen atoms in total. The lowest BCUT2D eigenvalue weighted by Gasteiger charge is -2.35. The summed E-state index contributed by atoms with van der Waals surface area (Å²) < 4.78 is 5.12. The summed E-state index contributed by atoms with van der Waals surface area (Å²) in [5.41, 5.74) is 5.94. The van der Waals surface area contributed by atoms with E-state index >= 15 is 0 Å². The van der Waals surface area contributed by atoms with Gasteiger partial charge in [-0.15, -0.1) is 0 Å². The average Bonchev–Trinajstić information content (AvgIpc) is 2.26. The van der Waals surface area contributed by atoms with Crippen molar-refractivity contribution in [3.8, 4) is 0 Å². The van der Waals surface area contributed by atoms with E-state index in [-0.39, 0.29) is 18.1 Å². The number of hydrogen-bond acceptors (Lipinski definition) is 4. The maximum atomic E-state index is 11.8. The highest BCUT2D eigenvalue weighted by molar-refractivity contribution is 5.75. The highest BCUT2D eigenvalue weighted by Crippen LogP contribution is 2.16. The standard InChI is InChI=1S/C12H24N2O2/c1-3-6-11(12(15)16-4-2)14-8-5-7-10(13)9-14/h10-11H,3-9,13H2,1-2H3. The minimum atomic E-state index is -0.0868. The monoisotopic (exact) mass is 228 g/mol. The minimum absolute atomic E-state index is 0.0848. The normalized spacial score (nSPS) is 24.1. The molecule has 94 valence electrons. The van der Waals surface area contributed by atoms with E-state index < -0.39 is 0 Å². The molecule has 16 heavy (non-hydrogen) atoms. The highest BCUT2D eigenvalue weighted by atomic mass is 16.5. The van der Waals surface area contributed by atoms with Crippen molar-refractivity contribution in [2.75, 3.05) is 19.7 Å². The van der Waals surface area contributed by atoms with Crippen LogP contribution in [0, 0.1) is 0 Å². The van der Waals surface area contributed by atoms with Gasteiger partial charge in [-0.1, -0.05) is 13.3 Å². The lowest BCUT2D eigenvalue weighted by molar-refractivity contribution is -0.150. The summed E-state index contributed by atoms with van der Waals surface area (Å²) in [6.45, 7) is 6.19. The van der Waals surface area contributed by atoms with E-state index in [1.807, 2.05) is 6.92 Å². The van der Waals surface area contributed by atoms with Crippen molar-refractivity contribution in [3.63, 3.8) is 0 Å². The highest BCUT2D eigenvalue weighted by Gasteiger charge is 2.29. The molecular weight excluding hydrogens is 204 g/mol. The van der Waals surface area contributed by atoms with Crippen molar-refractivity contribution >= 4 is 5.97 Å². The summed E-state index contributed by atoms with van der Waals surface area (Å²) in [4.78, 5) is 14.0. The first-order valence-corrected chi connectivity index (χ1v) is 6.35. The van der Waals surface area contributed by atoms with E-state index in [1.165, 1.54) is 0 Å². The Hall–Kier alpha value is -0.610. The van der Waals surface area contributed by atoms with Crippen LogP contribution in [0.2, 0.25) is 0 Å². The van der Waals surface area contributed by atoms with E-state index in [2.05, 4.69) is 11.8 Å². The molecule has 4 heteroatoms. The number of rotatable bonds is 5. The number of ether oxygens (including phenoxy) is 1. The van der Waals surface area contributed by atoms with Gasteiger partial charge in [0.05, 0.1) is 6.61 Å². The number of piperidine rings is 1. The number of nitrogens with two attached hydrogens (primary N) is 1. The lowest BCUT2D eigenvalue weighted by atomic mass is 10.0. The van der Waals surface area contributed by atoms with Crippen molar-refractivity contribution in [2.45, 2.75) is 51.6 Å². The molecule has 0 aliphatic carbocycles. The Morgan fingerprint density at radius 1 is 1.56 bits per heavy atom. The summed E-state index contributed by atoms with van der Waals surface area (Å²) in [5.74, 6) is -0.0848. The molecule has 0 aromatic carbocycles. The van der Waals surface area contributed by atoms with Gasteiger partial charge in [-0.05, 0) is 32.7 Å². The predicted octanol–water partition coefficient (Wildman–Crippen LogP) is 1.14. The van der Waals surface area contributed by atoms with Gasteiger partial charge < -0.3 is 10.5 Å². The second-order valence-corrected chi connectivity index (χ2v) is 4.45. The van der Waals surface area contributed by atoms with E-state index in [9.17, 15) is 4.79 Å². The molecule has 1 heterocycles. The Morgan fingerprint density at radius 3 is 2.88 bits per heavy atom. The van der Waals surface area contributed by atoms with Gasteiger partial charge >= 0.3 is 5.97 Å². The van der Waals surface area contributed by atoms with Crippen molar-refractivity contribution in [1.82, 2.24) is 4.90 Å². The van der Waals surface area contributed by atoms with E-state index in [0.29, 0.717) is 6.61 Å². The lowest BCUT2D eigenvalue weighted by Crippen LogP contribution is -2.51. The quantitative estimate of drug-likeness (QED) is 0.717. The fourth-order valence-electron chi connectivity index (χ4n) is 2.28. The Bertz CT molecular complexity index is 221. The van der Waals surface area contributed by atoms with E-state index in [1.54, 1.807) is 0 Å². The molecule has 0 bridgehead atoms. The molecule has 1 saturated heterocycles. The van der Waals surface area contributed by atoms with Crippen molar-refractivity contribution < 1.29 is 9.53 Å². The number of nitrogens with zero attached hydrogens (tertiary/aromatic N) is 1. The Balaban J connectivity index is 2.56. The third-order valence-electron chi connectivity index (χ3n) is 3.05. The van der Waals surface area contributed by atoms with Crippen LogP contribution in [0.1, 0.15) is 39.5 Å². The SMILES string of the molecule is CCCC(C(=O)OCC)N1CCCC(N)C1. The summed E-state index contributed by atoms with van der Waals surface area (Å²) in [6.07, 6.45) is 4.01. The minimum Gasteiger partial charge on any atom is -0.465 e. The fourth-order valence-corrected chi connectivity index (χ4v) is 2.28. The molecule has 1 fully saturated rings. The predicted molar refractivity (Wildman–Crippen MR) is 64.1 cm³/mol. The second-order valence-electron chi connectivity index (χ2n) is 4.45. The summed E-state index contributed by atoms with van der Waals surface area (Å²) in [6, 6.07) is 0.124. The van der Waals surface area contributed by atoms with Gasteiger partial charge in [-0.2, -0.15) is 0 Å². The first-order chi connectivity index (χ1) is 7.69. The molecular formula is C12H24N2O2. The topological polar surface area (TPSA) is 55.6 Å².